The van der Waals surface area contributed by atoms with Crippen LogP contribution in [0.5, 0.6) is 5.75 Å². The van der Waals surface area contributed by atoms with Crippen molar-refractivity contribution < 1.29 is 23.1 Å². The summed E-state index contributed by atoms with van der Waals surface area (Å²) in [6.45, 7) is 2.36. The van der Waals surface area contributed by atoms with Gasteiger partial charge in [0.25, 0.3) is 0 Å². The average Bonchev–Trinajstić information content (AvgIpc) is 2.55. The lowest BCUT2D eigenvalue weighted by molar-refractivity contribution is -0.306. The van der Waals surface area contributed by atoms with Gasteiger partial charge in [-0.15, -0.1) is 0 Å². The summed E-state index contributed by atoms with van der Waals surface area (Å²) in [7, 11) is -3.72. The maximum absolute atomic E-state index is 12.4. The molecule has 0 radical (unpaired) electrons. The maximum Gasteiger partial charge on any atom is 0.216 e. The quantitative estimate of drug-likeness (QED) is 0.727. The fraction of sp³-hybridized carbons (Fsp3) is 0.278. The zero-order valence-electron chi connectivity index (χ0n) is 13.8. The van der Waals surface area contributed by atoms with Crippen molar-refractivity contribution in [2.24, 2.45) is 0 Å². The van der Waals surface area contributed by atoms with Crippen molar-refractivity contribution in [2.45, 2.75) is 25.1 Å². The molecule has 7 heteroatoms. The summed E-state index contributed by atoms with van der Waals surface area (Å²) >= 11 is 0. The number of benzene rings is 2. The summed E-state index contributed by atoms with van der Waals surface area (Å²) in [5.41, 5.74) is 1.15. The second kappa shape index (κ2) is 8.64. The summed E-state index contributed by atoms with van der Waals surface area (Å²) in [4.78, 5) is 11.0. The highest BCUT2D eigenvalue weighted by atomic mass is 32.2. The van der Waals surface area contributed by atoms with Crippen molar-refractivity contribution in [2.75, 3.05) is 6.61 Å². The van der Waals surface area contributed by atoms with E-state index >= 15 is 0 Å². The van der Waals surface area contributed by atoms with Crippen LogP contribution in [0, 0.1) is 0 Å². The molecule has 0 aliphatic rings. The summed E-state index contributed by atoms with van der Waals surface area (Å²) in [5.74, 6) is -0.930. The highest BCUT2D eigenvalue weighted by molar-refractivity contribution is 7.88. The Morgan fingerprint density at radius 3 is 2.32 bits per heavy atom. The van der Waals surface area contributed by atoms with Crippen LogP contribution in [0.2, 0.25) is 0 Å². The van der Waals surface area contributed by atoms with Gasteiger partial charge in [-0.3, -0.25) is 0 Å². The molecular weight excluding hydrogens is 342 g/mol. The predicted molar refractivity (Wildman–Crippen MR) is 92.2 cm³/mol. The number of hydrogen-bond donors (Lipinski definition) is 1. The van der Waals surface area contributed by atoms with Gasteiger partial charge in [0.15, 0.2) is 0 Å². The predicted octanol–water partition coefficient (Wildman–Crippen LogP) is 1.39. The van der Waals surface area contributed by atoms with Gasteiger partial charge in [0.2, 0.25) is 10.0 Å². The van der Waals surface area contributed by atoms with Crippen LogP contribution in [0.4, 0.5) is 0 Å². The summed E-state index contributed by atoms with van der Waals surface area (Å²) in [6.07, 6.45) is -0.456. The van der Waals surface area contributed by atoms with Crippen LogP contribution < -0.4 is 14.6 Å². The minimum Gasteiger partial charge on any atom is -0.550 e. The molecule has 2 aromatic rings. The summed E-state index contributed by atoms with van der Waals surface area (Å²) in [5, 5.41) is 11.0. The van der Waals surface area contributed by atoms with Crippen LogP contribution >= 0.6 is 0 Å². The van der Waals surface area contributed by atoms with Crippen LogP contribution in [0.1, 0.15) is 30.5 Å². The van der Waals surface area contributed by atoms with Crippen LogP contribution in [0.3, 0.4) is 0 Å². The van der Waals surface area contributed by atoms with Gasteiger partial charge in [0, 0.05) is 12.4 Å². The van der Waals surface area contributed by atoms with E-state index in [1.54, 1.807) is 54.6 Å². The molecule has 0 heterocycles. The van der Waals surface area contributed by atoms with Gasteiger partial charge in [-0.25, -0.2) is 13.1 Å². The molecule has 0 aromatic heterocycles. The molecule has 0 aliphatic heterocycles. The normalized spacial score (nSPS) is 12.5. The topological polar surface area (TPSA) is 95.5 Å². The van der Waals surface area contributed by atoms with Crippen LogP contribution in [0.25, 0.3) is 0 Å². The first kappa shape index (κ1) is 19.0. The molecule has 6 nitrogen and oxygen atoms in total. The average molecular weight is 362 g/mol. The third-order valence-corrected chi connectivity index (χ3v) is 4.84. The highest BCUT2D eigenvalue weighted by Crippen LogP contribution is 2.22. The lowest BCUT2D eigenvalue weighted by atomic mass is 10.0. The number of sulfonamides is 1. The molecule has 134 valence electrons. The number of carboxylic acid groups (broad SMARTS) is 1. The Bertz CT molecular complexity index is 788. The Hall–Kier alpha value is -2.38. The van der Waals surface area contributed by atoms with Crippen LogP contribution in [-0.4, -0.2) is 21.0 Å². The van der Waals surface area contributed by atoms with Crippen LogP contribution in [0.15, 0.2) is 54.6 Å². The number of hydrogen-bond acceptors (Lipinski definition) is 5. The summed E-state index contributed by atoms with van der Waals surface area (Å²) < 4.78 is 32.6. The largest absolute Gasteiger partial charge is 0.550 e. The van der Waals surface area contributed by atoms with E-state index in [2.05, 4.69) is 4.72 Å². The van der Waals surface area contributed by atoms with Crippen molar-refractivity contribution in [1.29, 1.82) is 0 Å². The molecule has 0 saturated heterocycles. The van der Waals surface area contributed by atoms with Gasteiger partial charge < -0.3 is 14.6 Å². The van der Waals surface area contributed by atoms with E-state index in [1.807, 2.05) is 6.92 Å². The second-order valence-corrected chi connectivity index (χ2v) is 7.25. The van der Waals surface area contributed by atoms with E-state index in [0.717, 1.165) is 0 Å². The maximum atomic E-state index is 12.4. The molecule has 0 saturated carbocycles. The van der Waals surface area contributed by atoms with Crippen molar-refractivity contribution >= 4 is 16.0 Å². The van der Waals surface area contributed by atoms with E-state index in [1.165, 1.54) is 0 Å². The Morgan fingerprint density at radius 1 is 1.12 bits per heavy atom. The monoisotopic (exact) mass is 362 g/mol. The fourth-order valence-electron chi connectivity index (χ4n) is 2.41. The highest BCUT2D eigenvalue weighted by Gasteiger charge is 2.20. The van der Waals surface area contributed by atoms with Gasteiger partial charge in [-0.05, 0) is 30.2 Å². The zero-order chi connectivity index (χ0) is 18.3. The molecule has 0 spiro atoms. The molecule has 0 aliphatic carbocycles. The number of carboxylic acids is 1. The second-order valence-electron chi connectivity index (χ2n) is 5.49. The van der Waals surface area contributed by atoms with Crippen LogP contribution in [-0.2, 0) is 20.6 Å². The Morgan fingerprint density at radius 2 is 1.76 bits per heavy atom. The molecule has 2 aromatic carbocycles. The van der Waals surface area contributed by atoms with Gasteiger partial charge in [-0.1, -0.05) is 42.5 Å². The van der Waals surface area contributed by atoms with Gasteiger partial charge in [-0.2, -0.15) is 0 Å². The molecule has 0 amide bonds. The Labute approximate surface area is 147 Å². The number of carbonyl (C=O) groups is 1. The standard InChI is InChI=1S/C18H21NO5S/c1-2-24-16-10-8-15(9-11-16)17(12-18(20)21)19-25(22,23)13-14-6-4-3-5-7-14/h3-11,17,19H,2,12-13H2,1H3,(H,20,21)/p-1/t17-/m1/s1. The number of aliphatic carboxylic acids is 1. The lowest BCUT2D eigenvalue weighted by Crippen LogP contribution is -2.34. The minimum absolute atomic E-state index is 0.228. The number of ether oxygens (including phenoxy) is 1. The van der Waals surface area contributed by atoms with Crippen molar-refractivity contribution in [1.82, 2.24) is 4.72 Å². The fourth-order valence-corrected chi connectivity index (χ4v) is 3.78. The SMILES string of the molecule is CCOc1ccc([C@@H](CC(=O)[O-])NS(=O)(=O)Cc2ccccc2)cc1. The lowest BCUT2D eigenvalue weighted by Gasteiger charge is -2.20. The van der Waals surface area contributed by atoms with Gasteiger partial charge in [0.1, 0.15) is 5.75 Å². The Kier molecular flexibility index (Phi) is 6.55. The first-order chi connectivity index (χ1) is 11.9. The number of carbonyl (C=O) groups excluding carboxylic acids is 1. The van der Waals surface area contributed by atoms with E-state index in [0.29, 0.717) is 23.5 Å². The molecule has 1 atom stereocenters. The van der Waals surface area contributed by atoms with E-state index in [-0.39, 0.29) is 5.75 Å². The van der Waals surface area contributed by atoms with Gasteiger partial charge in [0.05, 0.1) is 18.4 Å². The minimum atomic E-state index is -3.72. The van der Waals surface area contributed by atoms with E-state index in [4.69, 9.17) is 4.74 Å². The first-order valence-electron chi connectivity index (χ1n) is 7.86. The van der Waals surface area contributed by atoms with Crippen molar-refractivity contribution in [3.8, 4) is 5.75 Å². The summed E-state index contributed by atoms with van der Waals surface area (Å²) in [6, 6.07) is 14.4. The molecule has 0 bridgehead atoms. The van der Waals surface area contributed by atoms with Crippen molar-refractivity contribution in [3.05, 3.63) is 65.7 Å². The van der Waals surface area contributed by atoms with E-state index < -0.39 is 28.5 Å². The third kappa shape index (κ3) is 6.21. The molecule has 0 unspecified atom stereocenters. The third-order valence-electron chi connectivity index (χ3n) is 3.49. The van der Waals surface area contributed by atoms with Gasteiger partial charge >= 0.3 is 0 Å². The molecule has 1 N–H and O–H groups in total. The van der Waals surface area contributed by atoms with Crippen molar-refractivity contribution in [3.63, 3.8) is 0 Å². The smallest absolute Gasteiger partial charge is 0.216 e. The zero-order valence-corrected chi connectivity index (χ0v) is 14.7. The molecule has 25 heavy (non-hydrogen) atoms. The molecule has 0 fully saturated rings. The van der Waals surface area contributed by atoms with E-state index in [9.17, 15) is 18.3 Å². The number of rotatable bonds is 9. The molecule has 2 rings (SSSR count). The number of nitrogens with one attached hydrogen (secondary N) is 1. The Balaban J connectivity index is 2.17. The first-order valence-corrected chi connectivity index (χ1v) is 9.51. The molecular formula is C18H20NO5S-.